The Kier molecular flexibility index (Phi) is 4.34. The van der Waals surface area contributed by atoms with Crippen LogP contribution in [0.25, 0.3) is 0 Å². The molecule has 0 amide bonds. The van der Waals surface area contributed by atoms with Crippen LogP contribution in [0.1, 0.15) is 12.7 Å². The second kappa shape index (κ2) is 6.18. The molecule has 0 aliphatic rings. The Morgan fingerprint density at radius 1 is 1.20 bits per heavy atom. The molecule has 1 heterocycles. The van der Waals surface area contributed by atoms with E-state index in [2.05, 4.69) is 20.6 Å². The summed E-state index contributed by atoms with van der Waals surface area (Å²) in [5.41, 5.74) is 0.700. The molecule has 6 heteroatoms. The molecule has 0 atom stereocenters. The van der Waals surface area contributed by atoms with Gasteiger partial charge in [-0.05, 0) is 12.1 Å². The minimum absolute atomic E-state index is 0.189. The first-order valence-corrected chi connectivity index (χ1v) is 6.32. The fraction of sp³-hybridized carbons (Fsp3) is 0.286. The molecular formula is C14H17FN4O. The van der Waals surface area contributed by atoms with Gasteiger partial charge in [-0.2, -0.15) is 0 Å². The SMILES string of the molecule is CCc1nc(NC)cc(Nc2ccc(F)c(OC)c2)n1. The highest BCUT2D eigenvalue weighted by molar-refractivity contribution is 5.60. The van der Waals surface area contributed by atoms with Gasteiger partial charge >= 0.3 is 0 Å². The number of hydrogen-bond donors (Lipinski definition) is 2. The van der Waals surface area contributed by atoms with Gasteiger partial charge < -0.3 is 15.4 Å². The first-order chi connectivity index (χ1) is 9.66. The third-order valence-corrected chi connectivity index (χ3v) is 2.77. The highest BCUT2D eigenvalue weighted by Gasteiger charge is 2.06. The lowest BCUT2D eigenvalue weighted by atomic mass is 10.3. The average molecular weight is 276 g/mol. The molecule has 0 saturated carbocycles. The Hall–Kier alpha value is -2.37. The van der Waals surface area contributed by atoms with Gasteiger partial charge in [0, 0.05) is 31.3 Å². The number of ether oxygens (including phenoxy) is 1. The Bertz CT molecular complexity index is 581. The maximum Gasteiger partial charge on any atom is 0.165 e. The zero-order valence-electron chi connectivity index (χ0n) is 11.7. The average Bonchev–Trinajstić information content (AvgIpc) is 2.48. The van der Waals surface area contributed by atoms with Gasteiger partial charge in [0.05, 0.1) is 7.11 Å². The minimum Gasteiger partial charge on any atom is -0.494 e. The van der Waals surface area contributed by atoms with Crippen molar-refractivity contribution in [2.45, 2.75) is 13.3 Å². The molecule has 0 radical (unpaired) electrons. The van der Waals surface area contributed by atoms with E-state index >= 15 is 0 Å². The number of hydrogen-bond acceptors (Lipinski definition) is 5. The van der Waals surface area contributed by atoms with Crippen molar-refractivity contribution in [2.75, 3.05) is 24.8 Å². The summed E-state index contributed by atoms with van der Waals surface area (Å²) >= 11 is 0. The highest BCUT2D eigenvalue weighted by Crippen LogP contribution is 2.24. The lowest BCUT2D eigenvalue weighted by Crippen LogP contribution is -2.03. The summed E-state index contributed by atoms with van der Waals surface area (Å²) in [6.07, 6.45) is 0.733. The van der Waals surface area contributed by atoms with Crippen molar-refractivity contribution in [3.05, 3.63) is 35.9 Å². The van der Waals surface area contributed by atoms with Crippen molar-refractivity contribution < 1.29 is 9.13 Å². The zero-order chi connectivity index (χ0) is 14.5. The van der Waals surface area contributed by atoms with Crippen LogP contribution in [0.3, 0.4) is 0 Å². The Labute approximate surface area is 117 Å². The number of aromatic nitrogens is 2. The van der Waals surface area contributed by atoms with Crippen molar-refractivity contribution in [2.24, 2.45) is 0 Å². The lowest BCUT2D eigenvalue weighted by Gasteiger charge is -2.10. The topological polar surface area (TPSA) is 59.1 Å². The largest absolute Gasteiger partial charge is 0.494 e. The van der Waals surface area contributed by atoms with Gasteiger partial charge in [-0.25, -0.2) is 14.4 Å². The molecule has 0 bridgehead atoms. The van der Waals surface area contributed by atoms with Crippen LogP contribution in [0, 0.1) is 5.82 Å². The monoisotopic (exact) mass is 276 g/mol. The molecule has 0 saturated heterocycles. The fourth-order valence-electron chi connectivity index (χ4n) is 1.73. The molecule has 1 aromatic heterocycles. The number of nitrogens with zero attached hydrogens (tertiary/aromatic N) is 2. The van der Waals surface area contributed by atoms with Gasteiger partial charge in [0.2, 0.25) is 0 Å². The Balaban J connectivity index is 2.29. The van der Waals surface area contributed by atoms with Crippen LogP contribution < -0.4 is 15.4 Å². The van der Waals surface area contributed by atoms with Gasteiger partial charge in [-0.3, -0.25) is 0 Å². The van der Waals surface area contributed by atoms with Crippen LogP contribution in [0.4, 0.5) is 21.7 Å². The number of anilines is 3. The summed E-state index contributed by atoms with van der Waals surface area (Å²) in [6, 6.07) is 6.35. The van der Waals surface area contributed by atoms with E-state index in [0.29, 0.717) is 11.5 Å². The normalized spacial score (nSPS) is 10.2. The van der Waals surface area contributed by atoms with Crippen molar-refractivity contribution in [1.29, 1.82) is 0 Å². The van der Waals surface area contributed by atoms with E-state index in [9.17, 15) is 4.39 Å². The fourth-order valence-corrected chi connectivity index (χ4v) is 1.73. The van der Waals surface area contributed by atoms with Gasteiger partial charge in [0.25, 0.3) is 0 Å². The predicted octanol–water partition coefficient (Wildman–Crippen LogP) is 2.97. The van der Waals surface area contributed by atoms with Crippen molar-refractivity contribution in [1.82, 2.24) is 9.97 Å². The third kappa shape index (κ3) is 3.14. The van der Waals surface area contributed by atoms with E-state index in [0.717, 1.165) is 18.1 Å². The van der Waals surface area contributed by atoms with Crippen LogP contribution >= 0.6 is 0 Å². The van der Waals surface area contributed by atoms with Gasteiger partial charge in [-0.1, -0.05) is 6.92 Å². The van der Waals surface area contributed by atoms with Crippen molar-refractivity contribution in [3.63, 3.8) is 0 Å². The molecule has 0 unspecified atom stereocenters. The van der Waals surface area contributed by atoms with Crippen LogP contribution in [-0.2, 0) is 6.42 Å². The van der Waals surface area contributed by atoms with E-state index in [1.807, 2.05) is 6.92 Å². The number of nitrogens with one attached hydrogen (secondary N) is 2. The summed E-state index contributed by atoms with van der Waals surface area (Å²) in [7, 11) is 3.23. The first-order valence-electron chi connectivity index (χ1n) is 6.32. The van der Waals surface area contributed by atoms with Gasteiger partial charge in [0.15, 0.2) is 11.6 Å². The molecule has 106 valence electrons. The molecule has 2 aromatic rings. The summed E-state index contributed by atoms with van der Waals surface area (Å²) in [6.45, 7) is 1.99. The van der Waals surface area contributed by atoms with Gasteiger partial charge in [0.1, 0.15) is 17.5 Å². The zero-order valence-corrected chi connectivity index (χ0v) is 11.7. The third-order valence-electron chi connectivity index (χ3n) is 2.77. The first kappa shape index (κ1) is 14.0. The molecule has 0 fully saturated rings. The summed E-state index contributed by atoms with van der Waals surface area (Å²) in [4.78, 5) is 8.69. The van der Waals surface area contributed by atoms with Crippen LogP contribution in [0.2, 0.25) is 0 Å². The number of methoxy groups -OCH3 is 1. The minimum atomic E-state index is -0.397. The molecule has 20 heavy (non-hydrogen) atoms. The molecule has 1 aromatic carbocycles. The van der Waals surface area contributed by atoms with Crippen molar-refractivity contribution >= 4 is 17.3 Å². The number of benzene rings is 1. The second-order valence-electron chi connectivity index (χ2n) is 4.13. The maximum absolute atomic E-state index is 13.4. The van der Waals surface area contributed by atoms with Crippen LogP contribution in [0.5, 0.6) is 5.75 Å². The Morgan fingerprint density at radius 3 is 2.60 bits per heavy atom. The van der Waals surface area contributed by atoms with E-state index in [1.54, 1.807) is 25.2 Å². The second-order valence-corrected chi connectivity index (χ2v) is 4.13. The molecule has 2 rings (SSSR count). The lowest BCUT2D eigenvalue weighted by molar-refractivity contribution is 0.387. The Morgan fingerprint density at radius 2 is 1.95 bits per heavy atom. The predicted molar refractivity (Wildman–Crippen MR) is 77.2 cm³/mol. The van der Waals surface area contributed by atoms with E-state index < -0.39 is 5.82 Å². The number of aryl methyl sites for hydroxylation is 1. The quantitative estimate of drug-likeness (QED) is 0.879. The van der Waals surface area contributed by atoms with Crippen molar-refractivity contribution in [3.8, 4) is 5.75 Å². The van der Waals surface area contributed by atoms with E-state index in [4.69, 9.17) is 4.74 Å². The smallest absolute Gasteiger partial charge is 0.165 e. The highest BCUT2D eigenvalue weighted by atomic mass is 19.1. The summed E-state index contributed by atoms with van der Waals surface area (Å²) in [5, 5.41) is 6.10. The molecule has 5 nitrogen and oxygen atoms in total. The molecule has 2 N–H and O–H groups in total. The molecule has 0 spiro atoms. The van der Waals surface area contributed by atoms with E-state index in [-0.39, 0.29) is 5.75 Å². The number of rotatable bonds is 5. The van der Waals surface area contributed by atoms with Crippen LogP contribution in [0.15, 0.2) is 24.3 Å². The summed E-state index contributed by atoms with van der Waals surface area (Å²) < 4.78 is 18.3. The van der Waals surface area contributed by atoms with Gasteiger partial charge in [-0.15, -0.1) is 0 Å². The van der Waals surface area contributed by atoms with E-state index in [1.165, 1.54) is 13.2 Å². The molecule has 0 aliphatic carbocycles. The molecule has 0 aliphatic heterocycles. The molecular weight excluding hydrogens is 259 g/mol. The maximum atomic E-state index is 13.4. The van der Waals surface area contributed by atoms with Crippen LogP contribution in [-0.4, -0.2) is 24.1 Å². The standard InChI is InChI=1S/C14H17FN4O/c1-4-12-18-13(16-2)8-14(19-12)17-9-5-6-10(15)11(7-9)20-3/h5-8H,4H2,1-3H3,(H2,16,17,18,19). The summed E-state index contributed by atoms with van der Waals surface area (Å²) in [5.74, 6) is 1.90. The number of halogens is 1.